The van der Waals surface area contributed by atoms with Crippen LogP contribution in [0.5, 0.6) is 0 Å². The van der Waals surface area contributed by atoms with Crippen molar-refractivity contribution in [3.05, 3.63) is 107 Å². The van der Waals surface area contributed by atoms with Gasteiger partial charge >= 0.3 is 0 Å². The summed E-state index contributed by atoms with van der Waals surface area (Å²) in [7, 11) is 0. The maximum absolute atomic E-state index is 4.48. The van der Waals surface area contributed by atoms with Gasteiger partial charge in [-0.3, -0.25) is 0 Å². The van der Waals surface area contributed by atoms with Crippen LogP contribution in [0.25, 0.3) is 11.1 Å². The van der Waals surface area contributed by atoms with E-state index in [-0.39, 0.29) is 0 Å². The number of aryl methyl sites for hydroxylation is 1. The molecule has 0 heteroatoms. The fourth-order valence-corrected chi connectivity index (χ4v) is 5.37. The summed E-state index contributed by atoms with van der Waals surface area (Å²) in [6.45, 7) is 22.4. The van der Waals surface area contributed by atoms with E-state index in [0.29, 0.717) is 0 Å². The molecule has 0 fully saturated rings. The fraction of sp³-hybridized carbons (Fsp3) is 0.459. The third-order valence-corrected chi connectivity index (χ3v) is 7.92. The highest BCUT2D eigenvalue weighted by atomic mass is 14.2. The SMILES string of the molecule is C=C(/C=C\C(=C/C)C(=CC)CCC1=CCC=C1)c1ccc(C)c(C(=C)CCCCC(CCC)C(C)C)c1. The molecule has 0 nitrogen and oxygen atoms in total. The molecule has 0 bridgehead atoms. The van der Waals surface area contributed by atoms with Crippen molar-refractivity contribution in [3.8, 4) is 0 Å². The lowest BCUT2D eigenvalue weighted by atomic mass is 9.86. The van der Waals surface area contributed by atoms with E-state index in [1.165, 1.54) is 71.1 Å². The van der Waals surface area contributed by atoms with Crippen LogP contribution in [0, 0.1) is 18.8 Å². The smallest absolute Gasteiger partial charge is 0.0160 e. The monoisotopic (exact) mass is 496 g/mol. The van der Waals surface area contributed by atoms with E-state index in [0.717, 1.165) is 43.1 Å². The lowest BCUT2D eigenvalue weighted by Crippen LogP contribution is -2.08. The van der Waals surface area contributed by atoms with E-state index < -0.39 is 0 Å². The molecule has 0 aliphatic heterocycles. The summed E-state index contributed by atoms with van der Waals surface area (Å²) < 4.78 is 0. The molecule has 0 radical (unpaired) electrons. The van der Waals surface area contributed by atoms with Gasteiger partial charge in [0.25, 0.3) is 0 Å². The van der Waals surface area contributed by atoms with E-state index in [1.807, 2.05) is 0 Å². The number of unbranched alkanes of at least 4 members (excludes halogenated alkanes) is 1. The molecule has 0 saturated carbocycles. The Labute approximate surface area is 229 Å². The molecular weight excluding hydrogens is 444 g/mol. The molecule has 0 heterocycles. The zero-order chi connectivity index (χ0) is 27.2. The second-order valence-corrected chi connectivity index (χ2v) is 11.0. The minimum Gasteiger partial charge on any atom is -0.0952 e. The Morgan fingerprint density at radius 3 is 2.41 bits per heavy atom. The van der Waals surface area contributed by atoms with Gasteiger partial charge in [0, 0.05) is 0 Å². The van der Waals surface area contributed by atoms with Crippen molar-refractivity contribution in [2.75, 3.05) is 0 Å². The molecule has 200 valence electrons. The van der Waals surface area contributed by atoms with Gasteiger partial charge in [-0.1, -0.05) is 120 Å². The zero-order valence-corrected chi connectivity index (χ0v) is 24.7. The van der Waals surface area contributed by atoms with Gasteiger partial charge < -0.3 is 0 Å². The van der Waals surface area contributed by atoms with Gasteiger partial charge in [0.2, 0.25) is 0 Å². The number of benzene rings is 1. The molecule has 2 rings (SSSR count). The molecule has 1 aromatic carbocycles. The van der Waals surface area contributed by atoms with Crippen LogP contribution in [0.15, 0.2) is 90.6 Å². The van der Waals surface area contributed by atoms with E-state index in [9.17, 15) is 0 Å². The van der Waals surface area contributed by atoms with E-state index >= 15 is 0 Å². The molecule has 37 heavy (non-hydrogen) atoms. The Morgan fingerprint density at radius 1 is 1.00 bits per heavy atom. The highest BCUT2D eigenvalue weighted by molar-refractivity contribution is 5.77. The average molecular weight is 497 g/mol. The lowest BCUT2D eigenvalue weighted by Gasteiger charge is -2.20. The first kappa shape index (κ1) is 30.6. The van der Waals surface area contributed by atoms with Gasteiger partial charge in [0.15, 0.2) is 0 Å². The van der Waals surface area contributed by atoms with E-state index in [1.54, 1.807) is 0 Å². The summed E-state index contributed by atoms with van der Waals surface area (Å²) in [5.74, 6) is 1.65. The summed E-state index contributed by atoms with van der Waals surface area (Å²) in [5.41, 5.74) is 10.2. The topological polar surface area (TPSA) is 0 Å². The third-order valence-electron chi connectivity index (χ3n) is 7.92. The van der Waals surface area contributed by atoms with Crippen molar-refractivity contribution < 1.29 is 0 Å². The Balaban J connectivity index is 1.99. The second kappa shape index (κ2) is 16.3. The second-order valence-electron chi connectivity index (χ2n) is 11.0. The zero-order valence-electron chi connectivity index (χ0n) is 24.7. The van der Waals surface area contributed by atoms with Crippen molar-refractivity contribution in [1.82, 2.24) is 0 Å². The summed E-state index contributed by atoms with van der Waals surface area (Å²) in [4.78, 5) is 0. The molecule has 1 aliphatic rings. The first-order chi connectivity index (χ1) is 17.8. The maximum Gasteiger partial charge on any atom is -0.0160 e. The van der Waals surface area contributed by atoms with Gasteiger partial charge in [-0.05, 0) is 110 Å². The van der Waals surface area contributed by atoms with Gasteiger partial charge in [-0.2, -0.15) is 0 Å². The molecule has 0 amide bonds. The van der Waals surface area contributed by atoms with Gasteiger partial charge in [0.05, 0.1) is 0 Å². The normalized spacial score (nSPS) is 15.1. The van der Waals surface area contributed by atoms with Crippen LogP contribution in [0.2, 0.25) is 0 Å². The Kier molecular flexibility index (Phi) is 13.5. The summed E-state index contributed by atoms with van der Waals surface area (Å²) >= 11 is 0. The number of allylic oxidation sites excluding steroid dienone is 12. The first-order valence-electron chi connectivity index (χ1n) is 14.6. The van der Waals surface area contributed by atoms with Crippen molar-refractivity contribution in [3.63, 3.8) is 0 Å². The summed E-state index contributed by atoms with van der Waals surface area (Å²) in [6, 6.07) is 6.71. The summed E-state index contributed by atoms with van der Waals surface area (Å²) in [5, 5.41) is 0. The predicted molar refractivity (Wildman–Crippen MR) is 169 cm³/mol. The van der Waals surface area contributed by atoms with Crippen LogP contribution in [0.3, 0.4) is 0 Å². The molecule has 0 saturated heterocycles. The fourth-order valence-electron chi connectivity index (χ4n) is 5.37. The van der Waals surface area contributed by atoms with Crippen LogP contribution >= 0.6 is 0 Å². The van der Waals surface area contributed by atoms with Gasteiger partial charge in [-0.15, -0.1) is 0 Å². The van der Waals surface area contributed by atoms with Gasteiger partial charge in [0.1, 0.15) is 0 Å². The molecule has 0 N–H and O–H groups in total. The first-order valence-corrected chi connectivity index (χ1v) is 14.6. The quantitative estimate of drug-likeness (QED) is 0.158. The minimum atomic E-state index is 0.787. The predicted octanol–water partition coefficient (Wildman–Crippen LogP) is 11.8. The van der Waals surface area contributed by atoms with Crippen molar-refractivity contribution in [2.45, 2.75) is 99.3 Å². The standard InChI is InChI=1S/C37H52/c1-9-16-35(28(4)5)20-15-12-17-30(7)37-27-36(25-22-31(37)8)29(6)21-24-33(10-2)34(11-3)26-23-32-18-13-14-19-32/h10-11,13,18-19,21-22,24-25,27-28,35H,6-7,9,12,14-17,20,23,26H2,1-5,8H3/b24-21-,33-10+,34-11?. The van der Waals surface area contributed by atoms with Crippen LogP contribution in [0.1, 0.15) is 109 Å². The van der Waals surface area contributed by atoms with Crippen molar-refractivity contribution in [1.29, 1.82) is 0 Å². The largest absolute Gasteiger partial charge is 0.0952 e. The minimum absolute atomic E-state index is 0.787. The molecule has 1 aliphatic carbocycles. The Bertz CT molecular complexity index is 1050. The van der Waals surface area contributed by atoms with E-state index in [4.69, 9.17) is 0 Å². The summed E-state index contributed by atoms with van der Waals surface area (Å²) in [6.07, 6.45) is 26.5. The Morgan fingerprint density at radius 2 is 1.78 bits per heavy atom. The van der Waals surface area contributed by atoms with E-state index in [2.05, 4.69) is 115 Å². The van der Waals surface area contributed by atoms with Crippen molar-refractivity contribution in [2.24, 2.45) is 11.8 Å². The number of rotatable bonds is 16. The number of hydrogen-bond acceptors (Lipinski definition) is 0. The molecule has 1 aromatic rings. The van der Waals surface area contributed by atoms with Gasteiger partial charge in [-0.25, -0.2) is 0 Å². The van der Waals surface area contributed by atoms with Crippen LogP contribution < -0.4 is 0 Å². The van der Waals surface area contributed by atoms with Crippen LogP contribution in [-0.4, -0.2) is 0 Å². The van der Waals surface area contributed by atoms with Crippen LogP contribution in [-0.2, 0) is 0 Å². The lowest BCUT2D eigenvalue weighted by molar-refractivity contribution is 0.324. The molecule has 1 atom stereocenters. The molecule has 0 spiro atoms. The third kappa shape index (κ3) is 9.99. The molecule has 0 aromatic heterocycles. The highest BCUT2D eigenvalue weighted by Gasteiger charge is 2.12. The van der Waals surface area contributed by atoms with Crippen molar-refractivity contribution >= 4 is 11.1 Å². The van der Waals surface area contributed by atoms with Crippen LogP contribution in [0.4, 0.5) is 0 Å². The highest BCUT2D eigenvalue weighted by Crippen LogP contribution is 2.29. The maximum atomic E-state index is 4.48. The molecule has 1 unspecified atom stereocenters. The average Bonchev–Trinajstić information content (AvgIpc) is 3.41. The molecular formula is C37H52. The Hall–Kier alpha value is -2.60. The number of hydrogen-bond donors (Lipinski definition) is 0.